The van der Waals surface area contributed by atoms with Gasteiger partial charge in [0.05, 0.1) is 21.7 Å². The fraction of sp³-hybridized carbons (Fsp3) is 0.0833. The summed E-state index contributed by atoms with van der Waals surface area (Å²) >= 11 is 18.1. The van der Waals surface area contributed by atoms with Crippen molar-refractivity contribution in [2.24, 2.45) is 0 Å². The van der Waals surface area contributed by atoms with Crippen LogP contribution in [0.4, 0.5) is 0 Å². The number of hydrogen-bond donors (Lipinski definition) is 2. The van der Waals surface area contributed by atoms with Crippen LogP contribution in [0.5, 0.6) is 0 Å². The first-order valence-electron chi connectivity index (χ1n) is 5.01. The summed E-state index contributed by atoms with van der Waals surface area (Å²) in [5.74, 6) is 0. The van der Waals surface area contributed by atoms with Gasteiger partial charge in [0, 0.05) is 23.4 Å². The van der Waals surface area contributed by atoms with Gasteiger partial charge in [-0.25, -0.2) is 0 Å². The number of halogens is 3. The molecule has 0 spiro atoms. The lowest BCUT2D eigenvalue weighted by Crippen LogP contribution is -2.06. The van der Waals surface area contributed by atoms with Gasteiger partial charge < -0.3 is 10.1 Å². The fourth-order valence-electron chi connectivity index (χ4n) is 1.65. The van der Waals surface area contributed by atoms with Gasteiger partial charge in [0.2, 0.25) is 5.56 Å². The Hall–Kier alpha value is -1.00. The molecule has 0 saturated carbocycles. The van der Waals surface area contributed by atoms with E-state index in [1.807, 2.05) is 0 Å². The molecule has 2 aromatic rings. The second-order valence-electron chi connectivity index (χ2n) is 3.61. The van der Waals surface area contributed by atoms with E-state index >= 15 is 0 Å². The maximum absolute atomic E-state index is 11.2. The lowest BCUT2D eigenvalue weighted by Gasteiger charge is -2.11. The molecule has 0 aliphatic carbocycles. The van der Waals surface area contributed by atoms with Crippen molar-refractivity contribution in [3.05, 3.63) is 55.4 Å². The van der Waals surface area contributed by atoms with E-state index in [0.29, 0.717) is 26.7 Å². The van der Waals surface area contributed by atoms with Gasteiger partial charge >= 0.3 is 0 Å². The molecule has 0 amide bonds. The third-order valence-corrected chi connectivity index (χ3v) is 3.61. The Bertz CT molecular complexity index is 652. The highest BCUT2D eigenvalue weighted by Crippen LogP contribution is 2.39. The third-order valence-electron chi connectivity index (χ3n) is 2.49. The monoisotopic (exact) mass is 303 g/mol. The second-order valence-corrected chi connectivity index (χ2v) is 4.80. The standard InChI is InChI=1S/C12H8Cl3NO2/c13-8-1-2-9(14)12(15)11(8)7-4-16-10(18)3-6(7)5-17/h1-4,17H,5H2,(H,16,18). The Morgan fingerprint density at radius 1 is 1.17 bits per heavy atom. The van der Waals surface area contributed by atoms with E-state index in [0.717, 1.165) is 0 Å². The number of nitrogens with one attached hydrogen (secondary N) is 1. The van der Waals surface area contributed by atoms with E-state index in [9.17, 15) is 9.90 Å². The number of benzene rings is 1. The van der Waals surface area contributed by atoms with Crippen molar-refractivity contribution >= 4 is 34.8 Å². The molecule has 0 atom stereocenters. The molecule has 2 rings (SSSR count). The van der Waals surface area contributed by atoms with Crippen molar-refractivity contribution in [1.29, 1.82) is 0 Å². The lowest BCUT2D eigenvalue weighted by atomic mass is 10.0. The minimum atomic E-state index is -0.308. The average molecular weight is 305 g/mol. The van der Waals surface area contributed by atoms with Crippen LogP contribution in [0.3, 0.4) is 0 Å². The first-order chi connectivity index (χ1) is 8.54. The van der Waals surface area contributed by atoms with Gasteiger partial charge in [0.15, 0.2) is 0 Å². The van der Waals surface area contributed by atoms with E-state index in [-0.39, 0.29) is 17.2 Å². The maximum Gasteiger partial charge on any atom is 0.248 e. The quantitative estimate of drug-likeness (QED) is 0.834. The zero-order chi connectivity index (χ0) is 13.3. The van der Waals surface area contributed by atoms with Crippen LogP contribution in [0.15, 0.2) is 29.2 Å². The van der Waals surface area contributed by atoms with Crippen LogP contribution in [-0.4, -0.2) is 10.1 Å². The summed E-state index contributed by atoms with van der Waals surface area (Å²) in [7, 11) is 0. The second kappa shape index (κ2) is 5.33. The Balaban J connectivity index is 2.77. The number of aromatic nitrogens is 1. The third kappa shape index (κ3) is 2.40. The molecule has 2 N–H and O–H groups in total. The Kier molecular flexibility index (Phi) is 3.97. The fourth-order valence-corrected chi connectivity index (χ4v) is 2.38. The molecule has 18 heavy (non-hydrogen) atoms. The van der Waals surface area contributed by atoms with Crippen molar-refractivity contribution < 1.29 is 5.11 Å². The minimum Gasteiger partial charge on any atom is -0.392 e. The summed E-state index contributed by atoms with van der Waals surface area (Å²) in [5, 5.41) is 10.3. The van der Waals surface area contributed by atoms with Crippen LogP contribution in [0.25, 0.3) is 11.1 Å². The zero-order valence-corrected chi connectivity index (χ0v) is 11.3. The van der Waals surface area contributed by atoms with Crippen LogP contribution in [0.2, 0.25) is 15.1 Å². The van der Waals surface area contributed by atoms with E-state index in [4.69, 9.17) is 34.8 Å². The van der Waals surface area contributed by atoms with Gasteiger partial charge in [-0.3, -0.25) is 4.79 Å². The summed E-state index contributed by atoms with van der Waals surface area (Å²) < 4.78 is 0. The lowest BCUT2D eigenvalue weighted by molar-refractivity contribution is 0.282. The van der Waals surface area contributed by atoms with E-state index in [1.165, 1.54) is 12.3 Å². The molecule has 0 radical (unpaired) electrons. The largest absolute Gasteiger partial charge is 0.392 e. The highest BCUT2D eigenvalue weighted by molar-refractivity contribution is 6.46. The van der Waals surface area contributed by atoms with Gasteiger partial charge in [-0.15, -0.1) is 0 Å². The molecule has 0 aliphatic rings. The molecular formula is C12H8Cl3NO2. The number of aromatic amines is 1. The van der Waals surface area contributed by atoms with Crippen LogP contribution < -0.4 is 5.56 Å². The number of pyridine rings is 1. The predicted octanol–water partition coefficient (Wildman–Crippen LogP) is 3.49. The average Bonchev–Trinajstić information content (AvgIpc) is 2.36. The Morgan fingerprint density at radius 3 is 2.50 bits per heavy atom. The molecule has 0 saturated heterocycles. The Morgan fingerprint density at radius 2 is 1.83 bits per heavy atom. The maximum atomic E-state index is 11.2. The summed E-state index contributed by atoms with van der Waals surface area (Å²) in [4.78, 5) is 13.7. The molecule has 0 bridgehead atoms. The highest BCUT2D eigenvalue weighted by atomic mass is 35.5. The van der Waals surface area contributed by atoms with Gasteiger partial charge in [-0.1, -0.05) is 34.8 Å². The first-order valence-corrected chi connectivity index (χ1v) is 6.14. The van der Waals surface area contributed by atoms with Crippen molar-refractivity contribution in [3.63, 3.8) is 0 Å². The minimum absolute atomic E-state index is 0.283. The highest BCUT2D eigenvalue weighted by Gasteiger charge is 2.15. The SMILES string of the molecule is O=c1cc(CO)c(-c2c(Cl)ccc(Cl)c2Cl)c[nH]1. The van der Waals surface area contributed by atoms with Gasteiger partial charge in [-0.2, -0.15) is 0 Å². The van der Waals surface area contributed by atoms with Gasteiger partial charge in [0.1, 0.15) is 0 Å². The van der Waals surface area contributed by atoms with Crippen molar-refractivity contribution in [3.8, 4) is 11.1 Å². The number of H-pyrrole nitrogens is 1. The van der Waals surface area contributed by atoms with Crippen molar-refractivity contribution in [2.45, 2.75) is 6.61 Å². The zero-order valence-electron chi connectivity index (χ0n) is 9.01. The molecule has 3 nitrogen and oxygen atoms in total. The molecule has 0 unspecified atom stereocenters. The molecule has 6 heteroatoms. The van der Waals surface area contributed by atoms with Crippen LogP contribution >= 0.6 is 34.8 Å². The number of rotatable bonds is 2. The molecule has 0 fully saturated rings. The number of aliphatic hydroxyl groups is 1. The summed E-state index contributed by atoms with van der Waals surface area (Å²) in [6.07, 6.45) is 1.46. The molecule has 1 aromatic heterocycles. The van der Waals surface area contributed by atoms with Crippen LogP contribution in [0.1, 0.15) is 5.56 Å². The molecule has 1 aromatic carbocycles. The van der Waals surface area contributed by atoms with Gasteiger partial charge in [0.25, 0.3) is 0 Å². The van der Waals surface area contributed by atoms with Gasteiger partial charge in [-0.05, 0) is 17.7 Å². The van der Waals surface area contributed by atoms with E-state index < -0.39 is 0 Å². The van der Waals surface area contributed by atoms with Crippen molar-refractivity contribution in [1.82, 2.24) is 4.98 Å². The Labute approximate surface area is 118 Å². The summed E-state index contributed by atoms with van der Waals surface area (Å²) in [6.45, 7) is -0.293. The first kappa shape index (κ1) is 13.4. The van der Waals surface area contributed by atoms with E-state index in [2.05, 4.69) is 4.98 Å². The smallest absolute Gasteiger partial charge is 0.248 e. The molecular weight excluding hydrogens is 296 g/mol. The normalized spacial score (nSPS) is 10.7. The topological polar surface area (TPSA) is 53.1 Å². The van der Waals surface area contributed by atoms with Crippen molar-refractivity contribution in [2.75, 3.05) is 0 Å². The molecule has 1 heterocycles. The number of hydrogen-bond acceptors (Lipinski definition) is 2. The molecule has 94 valence electrons. The number of aliphatic hydroxyl groups excluding tert-OH is 1. The summed E-state index contributed by atoms with van der Waals surface area (Å²) in [6, 6.07) is 4.49. The van der Waals surface area contributed by atoms with Crippen LogP contribution in [0, 0.1) is 0 Å². The van der Waals surface area contributed by atoms with E-state index in [1.54, 1.807) is 12.1 Å². The molecule has 0 aliphatic heterocycles. The predicted molar refractivity (Wildman–Crippen MR) is 73.5 cm³/mol. The van der Waals surface area contributed by atoms with Crippen LogP contribution in [-0.2, 0) is 6.61 Å². The summed E-state index contributed by atoms with van der Waals surface area (Å²) in [5.41, 5.74) is 1.17.